The number of hydrogen-bond donors (Lipinski definition) is 1. The van der Waals surface area contributed by atoms with Gasteiger partial charge in [0.05, 0.1) is 12.7 Å². The number of ether oxygens (including phenoxy) is 3. The number of fused-ring (bicyclic) bond motifs is 1. The second-order valence-electron chi connectivity index (χ2n) is 5.24. The van der Waals surface area contributed by atoms with Gasteiger partial charge in [0.15, 0.2) is 11.5 Å². The lowest BCUT2D eigenvalue weighted by atomic mass is 9.85. The van der Waals surface area contributed by atoms with E-state index in [0.717, 1.165) is 14.0 Å². The number of aliphatic carboxylic acids is 1. The van der Waals surface area contributed by atoms with Crippen molar-refractivity contribution in [3.05, 3.63) is 23.3 Å². The lowest BCUT2D eigenvalue weighted by molar-refractivity contribution is -0.274. The largest absolute Gasteiger partial charge is 0.573 e. The van der Waals surface area contributed by atoms with Crippen LogP contribution in [0.3, 0.4) is 0 Å². The Morgan fingerprint density at radius 1 is 1.23 bits per heavy atom. The van der Waals surface area contributed by atoms with Gasteiger partial charge in [-0.15, -0.1) is 13.2 Å². The van der Waals surface area contributed by atoms with Crippen LogP contribution in [0, 0.1) is 0 Å². The summed E-state index contributed by atoms with van der Waals surface area (Å²) < 4.78 is 91.5. The highest BCUT2D eigenvalue weighted by Gasteiger charge is 2.62. The Balaban J connectivity index is 2.71. The maximum absolute atomic E-state index is 13.6. The molecular formula is C15H12F6O5. The van der Waals surface area contributed by atoms with E-state index in [1.54, 1.807) is 0 Å². The molecule has 26 heavy (non-hydrogen) atoms. The summed E-state index contributed by atoms with van der Waals surface area (Å²) in [4.78, 5) is 11.4. The first-order valence-electron chi connectivity index (χ1n) is 7.03. The molecule has 5 nitrogen and oxygen atoms in total. The van der Waals surface area contributed by atoms with E-state index < -0.39 is 53.4 Å². The van der Waals surface area contributed by atoms with E-state index in [9.17, 15) is 36.2 Å². The van der Waals surface area contributed by atoms with Crippen molar-refractivity contribution >= 4 is 12.0 Å². The predicted molar refractivity (Wildman–Crippen MR) is 75.0 cm³/mol. The Hall–Kier alpha value is -2.59. The normalized spacial score (nSPS) is 19.9. The third-order valence-electron chi connectivity index (χ3n) is 3.71. The second kappa shape index (κ2) is 6.29. The van der Waals surface area contributed by atoms with Gasteiger partial charge < -0.3 is 19.3 Å². The molecule has 0 fully saturated rings. The van der Waals surface area contributed by atoms with E-state index in [1.807, 2.05) is 0 Å². The molecule has 1 aliphatic rings. The summed E-state index contributed by atoms with van der Waals surface area (Å²) in [7, 11) is 1.01. The highest BCUT2D eigenvalue weighted by molar-refractivity contribution is 5.96. The minimum atomic E-state index is -5.10. The lowest BCUT2D eigenvalue weighted by Gasteiger charge is -2.39. The quantitative estimate of drug-likeness (QED) is 0.787. The fraction of sp³-hybridized carbons (Fsp3) is 0.400. The van der Waals surface area contributed by atoms with Crippen molar-refractivity contribution in [3.8, 4) is 17.2 Å². The molecule has 0 amide bonds. The molecule has 0 bridgehead atoms. The molecule has 144 valence electrons. The van der Waals surface area contributed by atoms with Gasteiger partial charge in [0.25, 0.3) is 0 Å². The van der Waals surface area contributed by atoms with Gasteiger partial charge >= 0.3 is 18.5 Å². The van der Waals surface area contributed by atoms with Crippen molar-refractivity contribution in [2.45, 2.75) is 31.5 Å². The molecule has 0 spiro atoms. The number of alkyl halides is 6. The Kier molecular flexibility index (Phi) is 4.77. The number of halogens is 6. The van der Waals surface area contributed by atoms with E-state index in [1.165, 1.54) is 0 Å². The van der Waals surface area contributed by atoms with Crippen LogP contribution >= 0.6 is 0 Å². The summed E-state index contributed by atoms with van der Waals surface area (Å²) >= 11 is 0. The van der Waals surface area contributed by atoms with Crippen molar-refractivity contribution in [1.82, 2.24) is 0 Å². The third-order valence-corrected chi connectivity index (χ3v) is 3.71. The number of carboxylic acid groups (broad SMARTS) is 1. The summed E-state index contributed by atoms with van der Waals surface area (Å²) in [6.07, 6.45) is -10.3. The van der Waals surface area contributed by atoms with Crippen LogP contribution in [0.5, 0.6) is 17.2 Å². The van der Waals surface area contributed by atoms with Crippen molar-refractivity contribution < 1.29 is 50.5 Å². The van der Waals surface area contributed by atoms with Crippen LogP contribution in [0.25, 0.3) is 6.08 Å². The molecule has 1 atom stereocenters. The predicted octanol–water partition coefficient (Wildman–Crippen LogP) is 4.17. The third kappa shape index (κ3) is 3.37. The average molecular weight is 386 g/mol. The Morgan fingerprint density at radius 3 is 2.27 bits per heavy atom. The van der Waals surface area contributed by atoms with E-state index >= 15 is 0 Å². The van der Waals surface area contributed by atoms with Crippen LogP contribution in [-0.2, 0) is 4.79 Å². The van der Waals surface area contributed by atoms with Gasteiger partial charge in [-0.25, -0.2) is 4.79 Å². The van der Waals surface area contributed by atoms with Gasteiger partial charge in [-0.3, -0.25) is 0 Å². The van der Waals surface area contributed by atoms with Gasteiger partial charge in [-0.1, -0.05) is 6.92 Å². The van der Waals surface area contributed by atoms with Gasteiger partial charge in [0.1, 0.15) is 5.75 Å². The molecule has 1 aromatic rings. The molecule has 1 heterocycles. The van der Waals surface area contributed by atoms with Gasteiger partial charge in [0.2, 0.25) is 5.60 Å². The fourth-order valence-electron chi connectivity index (χ4n) is 2.57. The number of carbonyl (C=O) groups is 1. The molecule has 0 saturated carbocycles. The zero-order valence-corrected chi connectivity index (χ0v) is 13.3. The summed E-state index contributed by atoms with van der Waals surface area (Å²) in [6.45, 7) is 1.07. The highest BCUT2D eigenvalue weighted by Crippen LogP contribution is 2.51. The molecule has 11 heteroatoms. The molecule has 0 aromatic heterocycles. The monoisotopic (exact) mass is 386 g/mol. The zero-order chi connectivity index (χ0) is 19.9. The van der Waals surface area contributed by atoms with E-state index in [-0.39, 0.29) is 5.56 Å². The zero-order valence-electron chi connectivity index (χ0n) is 13.3. The molecule has 1 unspecified atom stereocenters. The number of rotatable bonds is 4. The minimum Gasteiger partial charge on any atom is -0.493 e. The van der Waals surface area contributed by atoms with Gasteiger partial charge in [0, 0.05) is 11.6 Å². The first-order valence-corrected chi connectivity index (χ1v) is 7.03. The molecule has 1 aliphatic heterocycles. The van der Waals surface area contributed by atoms with Crippen molar-refractivity contribution in [3.63, 3.8) is 0 Å². The summed E-state index contributed by atoms with van der Waals surface area (Å²) in [5.41, 5.74) is -4.69. The average Bonchev–Trinajstić information content (AvgIpc) is 2.49. The maximum atomic E-state index is 13.6. The minimum absolute atomic E-state index is 0.352. The fourth-order valence-corrected chi connectivity index (χ4v) is 2.57. The number of carboxylic acids is 1. The van der Waals surface area contributed by atoms with Crippen molar-refractivity contribution in [2.24, 2.45) is 0 Å². The smallest absolute Gasteiger partial charge is 0.493 e. The molecule has 2 rings (SSSR count). The number of benzene rings is 1. The van der Waals surface area contributed by atoms with Gasteiger partial charge in [-0.2, -0.15) is 13.2 Å². The number of methoxy groups -OCH3 is 1. The molecule has 0 saturated heterocycles. The van der Waals surface area contributed by atoms with Crippen LogP contribution in [-0.4, -0.2) is 36.3 Å². The lowest BCUT2D eigenvalue weighted by Crippen LogP contribution is -2.54. The molecule has 1 N–H and O–H groups in total. The molecule has 1 aromatic carbocycles. The molecule has 0 aliphatic carbocycles. The van der Waals surface area contributed by atoms with Crippen LogP contribution < -0.4 is 14.2 Å². The standard InChI is InChI=1S/C15H12F6O5/c1-3-13(14(16,17)18)9(12(22)23)5-7-4-8(25-15(19,20)21)6-10(24-2)11(7)26-13/h4-6H,3H2,1-2H3,(H,22,23). The first-order chi connectivity index (χ1) is 11.8. The molecular weight excluding hydrogens is 374 g/mol. The van der Waals surface area contributed by atoms with E-state index in [2.05, 4.69) is 4.74 Å². The SMILES string of the molecule is CCC1(C(F)(F)F)Oc2c(cc(OC(F)(F)F)cc2OC)C=C1C(=O)O. The highest BCUT2D eigenvalue weighted by atomic mass is 19.4. The van der Waals surface area contributed by atoms with Crippen LogP contribution in [0.2, 0.25) is 0 Å². The second-order valence-corrected chi connectivity index (χ2v) is 5.24. The van der Waals surface area contributed by atoms with Gasteiger partial charge in [-0.05, 0) is 18.6 Å². The Morgan fingerprint density at radius 2 is 1.85 bits per heavy atom. The summed E-state index contributed by atoms with van der Waals surface area (Å²) in [6, 6.07) is 1.41. The van der Waals surface area contributed by atoms with E-state index in [4.69, 9.17) is 9.47 Å². The van der Waals surface area contributed by atoms with Crippen LogP contribution in [0.15, 0.2) is 17.7 Å². The molecule has 0 radical (unpaired) electrons. The maximum Gasteiger partial charge on any atom is 0.573 e. The summed E-state index contributed by atoms with van der Waals surface area (Å²) in [5.74, 6) is -3.72. The number of hydrogen-bond acceptors (Lipinski definition) is 4. The topological polar surface area (TPSA) is 65.0 Å². The van der Waals surface area contributed by atoms with Crippen LogP contribution in [0.4, 0.5) is 26.3 Å². The van der Waals surface area contributed by atoms with Crippen molar-refractivity contribution in [2.75, 3.05) is 7.11 Å². The van der Waals surface area contributed by atoms with Crippen molar-refractivity contribution in [1.29, 1.82) is 0 Å². The van der Waals surface area contributed by atoms with E-state index in [0.29, 0.717) is 18.2 Å². The summed E-state index contributed by atoms with van der Waals surface area (Å²) in [5, 5.41) is 9.19. The van der Waals surface area contributed by atoms with Crippen LogP contribution in [0.1, 0.15) is 18.9 Å². The Labute approximate surface area is 142 Å². The Bertz CT molecular complexity index is 752. The first kappa shape index (κ1) is 19.7.